The summed E-state index contributed by atoms with van der Waals surface area (Å²) in [5.41, 5.74) is 3.75. The summed E-state index contributed by atoms with van der Waals surface area (Å²) in [4.78, 5) is 0. The van der Waals surface area contributed by atoms with Crippen molar-refractivity contribution in [2.75, 3.05) is 0 Å². The summed E-state index contributed by atoms with van der Waals surface area (Å²) >= 11 is 0. The number of benzene rings is 1. The third-order valence-electron chi connectivity index (χ3n) is 3.25. The van der Waals surface area contributed by atoms with Crippen molar-refractivity contribution in [3.05, 3.63) is 47.5 Å². The first-order valence-corrected chi connectivity index (χ1v) is 5.37. The van der Waals surface area contributed by atoms with Crippen molar-refractivity contribution < 1.29 is 0 Å². The van der Waals surface area contributed by atoms with E-state index in [-0.39, 0.29) is 5.92 Å². The number of fused-ring (bicyclic) bond motifs is 1. The second-order valence-electron chi connectivity index (χ2n) is 4.30. The number of hydrogen-bond donors (Lipinski definition) is 0. The molecule has 1 nitrogen and oxygen atoms in total. The van der Waals surface area contributed by atoms with E-state index in [4.69, 9.17) is 0 Å². The third-order valence-corrected chi connectivity index (χ3v) is 3.25. The summed E-state index contributed by atoms with van der Waals surface area (Å²) in [7, 11) is 0. The smallest absolute Gasteiger partial charge is 0.0736 e. The van der Waals surface area contributed by atoms with Gasteiger partial charge in [-0.05, 0) is 30.9 Å². The van der Waals surface area contributed by atoms with E-state index >= 15 is 0 Å². The van der Waals surface area contributed by atoms with Gasteiger partial charge >= 0.3 is 0 Å². The number of hydrogen-bond acceptors (Lipinski definition) is 1. The Morgan fingerprint density at radius 3 is 2.93 bits per heavy atom. The van der Waals surface area contributed by atoms with Crippen LogP contribution in [0.25, 0.3) is 0 Å². The average molecular weight is 197 g/mol. The Morgan fingerprint density at radius 2 is 2.27 bits per heavy atom. The number of allylic oxidation sites excluding steroid dienone is 1. The highest BCUT2D eigenvalue weighted by atomic mass is 14.4. The lowest BCUT2D eigenvalue weighted by Gasteiger charge is -2.17. The van der Waals surface area contributed by atoms with E-state index < -0.39 is 0 Å². The molecule has 0 amide bonds. The van der Waals surface area contributed by atoms with Gasteiger partial charge in [0.2, 0.25) is 0 Å². The molecule has 2 unspecified atom stereocenters. The average Bonchev–Trinajstić information content (AvgIpc) is 2.63. The van der Waals surface area contributed by atoms with Gasteiger partial charge in [-0.2, -0.15) is 5.26 Å². The molecular formula is C14H15N. The van der Waals surface area contributed by atoms with Crippen LogP contribution < -0.4 is 0 Å². The maximum absolute atomic E-state index is 9.17. The van der Waals surface area contributed by atoms with E-state index in [1.165, 1.54) is 11.1 Å². The van der Waals surface area contributed by atoms with Crippen molar-refractivity contribution in [2.45, 2.75) is 25.7 Å². The maximum Gasteiger partial charge on any atom is 0.0736 e. The van der Waals surface area contributed by atoms with Crippen LogP contribution in [0.2, 0.25) is 0 Å². The van der Waals surface area contributed by atoms with Crippen molar-refractivity contribution in [3.8, 4) is 6.07 Å². The molecule has 76 valence electrons. The van der Waals surface area contributed by atoms with Crippen LogP contribution in [0.1, 0.15) is 30.4 Å². The van der Waals surface area contributed by atoms with Gasteiger partial charge in [-0.3, -0.25) is 0 Å². The summed E-state index contributed by atoms with van der Waals surface area (Å²) < 4.78 is 0. The van der Waals surface area contributed by atoms with E-state index in [9.17, 15) is 5.26 Å². The van der Waals surface area contributed by atoms with E-state index in [0.717, 1.165) is 18.4 Å². The van der Waals surface area contributed by atoms with Gasteiger partial charge in [0.1, 0.15) is 0 Å². The van der Waals surface area contributed by atoms with Crippen LogP contribution >= 0.6 is 0 Å². The molecule has 0 fully saturated rings. The summed E-state index contributed by atoms with van der Waals surface area (Å²) in [6.07, 6.45) is 2.19. The van der Waals surface area contributed by atoms with Crippen LogP contribution in [0.3, 0.4) is 0 Å². The Kier molecular flexibility index (Phi) is 2.60. The van der Waals surface area contributed by atoms with Crippen LogP contribution in [0.4, 0.5) is 0 Å². The molecule has 1 aliphatic carbocycles. The van der Waals surface area contributed by atoms with Crippen LogP contribution in [-0.4, -0.2) is 0 Å². The first kappa shape index (κ1) is 9.98. The molecule has 1 heteroatoms. The Bertz CT molecular complexity index is 425. The summed E-state index contributed by atoms with van der Waals surface area (Å²) in [6, 6.07) is 10.8. The molecule has 0 saturated carbocycles. The molecular weight excluding hydrogens is 182 g/mol. The Hall–Kier alpha value is -1.55. The fourth-order valence-corrected chi connectivity index (χ4v) is 2.48. The van der Waals surface area contributed by atoms with Gasteiger partial charge in [0.05, 0.1) is 12.0 Å². The molecule has 1 aliphatic rings. The quantitative estimate of drug-likeness (QED) is 0.666. The van der Waals surface area contributed by atoms with Crippen LogP contribution in [-0.2, 0) is 6.42 Å². The van der Waals surface area contributed by atoms with E-state index in [2.05, 4.69) is 36.9 Å². The van der Waals surface area contributed by atoms with Crippen molar-refractivity contribution in [1.29, 1.82) is 5.26 Å². The van der Waals surface area contributed by atoms with Crippen molar-refractivity contribution in [3.63, 3.8) is 0 Å². The molecule has 1 aromatic carbocycles. The van der Waals surface area contributed by atoms with E-state index in [1.54, 1.807) is 0 Å². The minimum absolute atomic E-state index is 0.0198. The number of nitrogens with zero attached hydrogens (tertiary/aromatic N) is 1. The van der Waals surface area contributed by atoms with Gasteiger partial charge in [-0.1, -0.05) is 36.4 Å². The van der Waals surface area contributed by atoms with Crippen LogP contribution in [0.15, 0.2) is 36.4 Å². The van der Waals surface area contributed by atoms with E-state index in [0.29, 0.717) is 5.92 Å². The predicted molar refractivity (Wildman–Crippen MR) is 61.4 cm³/mol. The van der Waals surface area contributed by atoms with Gasteiger partial charge in [-0.15, -0.1) is 0 Å². The Balaban J connectivity index is 2.35. The summed E-state index contributed by atoms with van der Waals surface area (Å²) in [6.45, 7) is 5.87. The SMILES string of the molecule is C=C(C)C(C#N)C1CCc2ccccc21. The topological polar surface area (TPSA) is 23.8 Å². The van der Waals surface area contributed by atoms with Gasteiger partial charge in [0, 0.05) is 5.92 Å². The first-order chi connectivity index (χ1) is 7.24. The highest BCUT2D eigenvalue weighted by Gasteiger charge is 2.29. The lowest BCUT2D eigenvalue weighted by Crippen LogP contribution is -2.09. The fourth-order valence-electron chi connectivity index (χ4n) is 2.48. The molecule has 0 aromatic heterocycles. The largest absolute Gasteiger partial charge is 0.198 e. The Morgan fingerprint density at radius 1 is 1.53 bits per heavy atom. The molecule has 0 spiro atoms. The van der Waals surface area contributed by atoms with Gasteiger partial charge in [0.25, 0.3) is 0 Å². The highest BCUT2D eigenvalue weighted by molar-refractivity contribution is 5.38. The van der Waals surface area contributed by atoms with Crippen molar-refractivity contribution in [2.24, 2.45) is 5.92 Å². The van der Waals surface area contributed by atoms with E-state index in [1.807, 2.05) is 6.92 Å². The predicted octanol–water partition coefficient (Wildman–Crippen LogP) is 3.43. The Labute approximate surface area is 91.0 Å². The zero-order chi connectivity index (χ0) is 10.8. The summed E-state index contributed by atoms with van der Waals surface area (Å²) in [5.74, 6) is 0.345. The molecule has 2 rings (SSSR count). The zero-order valence-corrected chi connectivity index (χ0v) is 9.03. The van der Waals surface area contributed by atoms with Crippen LogP contribution in [0.5, 0.6) is 0 Å². The molecule has 0 N–H and O–H groups in total. The van der Waals surface area contributed by atoms with Crippen molar-refractivity contribution in [1.82, 2.24) is 0 Å². The molecule has 1 aromatic rings. The fraction of sp³-hybridized carbons (Fsp3) is 0.357. The normalized spacial score (nSPS) is 20.4. The van der Waals surface area contributed by atoms with Gasteiger partial charge in [-0.25, -0.2) is 0 Å². The standard InChI is InChI=1S/C14H15N/c1-10(2)14(9-15)13-8-7-11-5-3-4-6-12(11)13/h3-6,13-14H,1,7-8H2,2H3. The van der Waals surface area contributed by atoms with Gasteiger partial charge in [0.15, 0.2) is 0 Å². The highest BCUT2D eigenvalue weighted by Crippen LogP contribution is 2.40. The molecule has 0 heterocycles. The first-order valence-electron chi connectivity index (χ1n) is 5.37. The minimum atomic E-state index is -0.0198. The molecule has 15 heavy (non-hydrogen) atoms. The second kappa shape index (κ2) is 3.90. The minimum Gasteiger partial charge on any atom is -0.198 e. The maximum atomic E-state index is 9.17. The van der Waals surface area contributed by atoms with Crippen molar-refractivity contribution >= 4 is 0 Å². The number of aryl methyl sites for hydroxylation is 1. The summed E-state index contributed by atoms with van der Waals surface area (Å²) in [5, 5.41) is 9.17. The third kappa shape index (κ3) is 1.68. The van der Waals surface area contributed by atoms with Crippen LogP contribution in [0, 0.1) is 17.2 Å². The molecule has 0 saturated heterocycles. The monoisotopic (exact) mass is 197 g/mol. The molecule has 0 radical (unpaired) electrons. The second-order valence-corrected chi connectivity index (χ2v) is 4.30. The number of nitriles is 1. The lowest BCUT2D eigenvalue weighted by molar-refractivity contribution is 0.574. The number of rotatable bonds is 2. The molecule has 0 bridgehead atoms. The molecule has 2 atom stereocenters. The zero-order valence-electron chi connectivity index (χ0n) is 9.03. The lowest BCUT2D eigenvalue weighted by atomic mass is 9.84. The molecule has 0 aliphatic heterocycles. The van der Waals surface area contributed by atoms with Gasteiger partial charge < -0.3 is 0 Å².